The number of amides is 2. The predicted molar refractivity (Wildman–Crippen MR) is 109 cm³/mol. The standard InChI is InChI=1S/C19H16Cl2N4O4/c20-15-8-16(21)17(25(28)29)6-13(15)9-22-23-18(26)11-24-10-14(7-19(24)27)12-4-2-1-3-5-12/h1-6,8-9,14H,7,10-11H2,(H,23,26). The van der Waals surface area contributed by atoms with E-state index in [-0.39, 0.29) is 39.7 Å². The summed E-state index contributed by atoms with van der Waals surface area (Å²) >= 11 is 11.8. The number of carbonyl (C=O) groups is 2. The third kappa shape index (κ3) is 5.10. The van der Waals surface area contributed by atoms with Crippen molar-refractivity contribution in [2.24, 2.45) is 5.10 Å². The molecule has 1 fully saturated rings. The first-order valence-corrected chi connectivity index (χ1v) is 9.39. The molecule has 0 aromatic heterocycles. The highest BCUT2D eigenvalue weighted by Gasteiger charge is 2.31. The van der Waals surface area contributed by atoms with Crippen molar-refractivity contribution in [3.63, 3.8) is 0 Å². The van der Waals surface area contributed by atoms with E-state index in [0.717, 1.165) is 11.6 Å². The lowest BCUT2D eigenvalue weighted by Crippen LogP contribution is -2.36. The largest absolute Gasteiger partial charge is 0.333 e. The van der Waals surface area contributed by atoms with Crippen molar-refractivity contribution in [3.8, 4) is 0 Å². The van der Waals surface area contributed by atoms with E-state index in [1.54, 1.807) is 0 Å². The van der Waals surface area contributed by atoms with Crippen molar-refractivity contribution in [2.45, 2.75) is 12.3 Å². The van der Waals surface area contributed by atoms with Gasteiger partial charge in [-0.3, -0.25) is 19.7 Å². The Kier molecular flexibility index (Phi) is 6.46. The molecule has 150 valence electrons. The molecule has 0 radical (unpaired) electrons. The number of likely N-dealkylation sites (tertiary alicyclic amines) is 1. The summed E-state index contributed by atoms with van der Waals surface area (Å²) in [5.74, 6) is -0.536. The van der Waals surface area contributed by atoms with E-state index < -0.39 is 10.8 Å². The van der Waals surface area contributed by atoms with Crippen LogP contribution >= 0.6 is 23.2 Å². The van der Waals surface area contributed by atoms with Gasteiger partial charge in [-0.05, 0) is 11.6 Å². The highest BCUT2D eigenvalue weighted by atomic mass is 35.5. The molecule has 1 N–H and O–H groups in total. The quantitative estimate of drug-likeness (QED) is 0.427. The third-order valence-electron chi connectivity index (χ3n) is 4.48. The van der Waals surface area contributed by atoms with Crippen LogP contribution in [0.4, 0.5) is 5.69 Å². The van der Waals surface area contributed by atoms with Crippen LogP contribution in [-0.2, 0) is 9.59 Å². The fraction of sp³-hybridized carbons (Fsp3) is 0.211. The Morgan fingerprint density at radius 2 is 2.00 bits per heavy atom. The van der Waals surface area contributed by atoms with E-state index in [1.807, 2.05) is 30.3 Å². The van der Waals surface area contributed by atoms with Gasteiger partial charge >= 0.3 is 0 Å². The summed E-state index contributed by atoms with van der Waals surface area (Å²) in [6.07, 6.45) is 1.53. The molecule has 10 heteroatoms. The van der Waals surface area contributed by atoms with Gasteiger partial charge in [-0.1, -0.05) is 53.5 Å². The number of halogens is 2. The van der Waals surface area contributed by atoms with Crippen LogP contribution in [0.3, 0.4) is 0 Å². The van der Waals surface area contributed by atoms with Gasteiger partial charge < -0.3 is 4.90 Å². The minimum absolute atomic E-state index is 0.0495. The summed E-state index contributed by atoms with van der Waals surface area (Å²) in [6, 6.07) is 12.0. The lowest BCUT2D eigenvalue weighted by molar-refractivity contribution is -0.384. The van der Waals surface area contributed by atoms with Crippen molar-refractivity contribution in [2.75, 3.05) is 13.1 Å². The molecule has 1 aliphatic heterocycles. The molecule has 1 heterocycles. The molecule has 2 amide bonds. The topological polar surface area (TPSA) is 105 Å². The van der Waals surface area contributed by atoms with Gasteiger partial charge in [-0.2, -0.15) is 5.10 Å². The number of rotatable bonds is 6. The van der Waals surface area contributed by atoms with Crippen LogP contribution in [0.25, 0.3) is 0 Å². The average Bonchev–Trinajstić information content (AvgIpc) is 3.04. The molecular formula is C19H16Cl2N4O4. The zero-order valence-corrected chi connectivity index (χ0v) is 16.6. The summed E-state index contributed by atoms with van der Waals surface area (Å²) < 4.78 is 0. The Labute approximate surface area is 176 Å². The van der Waals surface area contributed by atoms with Crippen LogP contribution in [0.15, 0.2) is 47.6 Å². The average molecular weight is 435 g/mol. The SMILES string of the molecule is O=C(CN1CC(c2ccccc2)CC1=O)NN=Cc1cc([N+](=O)[O-])c(Cl)cc1Cl. The molecule has 0 saturated carbocycles. The maximum absolute atomic E-state index is 12.2. The lowest BCUT2D eigenvalue weighted by atomic mass is 9.99. The number of nitro groups is 1. The monoisotopic (exact) mass is 434 g/mol. The molecule has 0 bridgehead atoms. The van der Waals surface area contributed by atoms with E-state index in [2.05, 4.69) is 10.5 Å². The van der Waals surface area contributed by atoms with Crippen LogP contribution in [-0.4, -0.2) is 40.9 Å². The number of nitrogens with one attached hydrogen (secondary N) is 1. The summed E-state index contributed by atoms with van der Waals surface area (Å²) in [6.45, 7) is 0.323. The number of hydrazone groups is 1. The van der Waals surface area contributed by atoms with E-state index in [0.29, 0.717) is 13.0 Å². The Balaban J connectivity index is 1.58. The van der Waals surface area contributed by atoms with Gasteiger partial charge in [0.15, 0.2) is 0 Å². The fourth-order valence-electron chi connectivity index (χ4n) is 3.05. The van der Waals surface area contributed by atoms with Gasteiger partial charge in [-0.25, -0.2) is 5.43 Å². The van der Waals surface area contributed by atoms with Gasteiger partial charge in [0.25, 0.3) is 11.6 Å². The van der Waals surface area contributed by atoms with Crippen LogP contribution in [0.5, 0.6) is 0 Å². The van der Waals surface area contributed by atoms with E-state index in [1.165, 1.54) is 17.2 Å². The number of nitrogens with zero attached hydrogens (tertiary/aromatic N) is 3. The minimum atomic E-state index is -0.642. The molecule has 29 heavy (non-hydrogen) atoms. The maximum Gasteiger partial charge on any atom is 0.288 e. The first kappa shape index (κ1) is 20.8. The summed E-state index contributed by atoms with van der Waals surface area (Å²) in [4.78, 5) is 36.1. The molecular weight excluding hydrogens is 419 g/mol. The zero-order chi connectivity index (χ0) is 21.0. The van der Waals surface area contributed by atoms with Crippen LogP contribution in [0.1, 0.15) is 23.5 Å². The number of benzene rings is 2. The van der Waals surface area contributed by atoms with Crippen LogP contribution in [0, 0.1) is 10.1 Å². The molecule has 1 atom stereocenters. The van der Waals surface area contributed by atoms with Crippen LogP contribution in [0.2, 0.25) is 10.0 Å². The summed E-state index contributed by atoms with van der Waals surface area (Å²) in [5.41, 5.74) is 3.26. The Hall–Kier alpha value is -2.97. The van der Waals surface area contributed by atoms with E-state index in [4.69, 9.17) is 23.2 Å². The van der Waals surface area contributed by atoms with Gasteiger partial charge in [-0.15, -0.1) is 0 Å². The second-order valence-electron chi connectivity index (χ2n) is 6.46. The van der Waals surface area contributed by atoms with Crippen molar-refractivity contribution in [3.05, 3.63) is 73.8 Å². The Bertz CT molecular complexity index is 982. The van der Waals surface area contributed by atoms with Gasteiger partial charge in [0.2, 0.25) is 5.91 Å². The molecule has 0 aliphatic carbocycles. The smallest absolute Gasteiger partial charge is 0.288 e. The van der Waals surface area contributed by atoms with Crippen LogP contribution < -0.4 is 5.43 Å². The Morgan fingerprint density at radius 3 is 2.69 bits per heavy atom. The van der Waals surface area contributed by atoms with E-state index >= 15 is 0 Å². The first-order valence-electron chi connectivity index (χ1n) is 8.63. The fourth-order valence-corrected chi connectivity index (χ4v) is 3.55. The third-order valence-corrected chi connectivity index (χ3v) is 5.11. The van der Waals surface area contributed by atoms with Gasteiger partial charge in [0.1, 0.15) is 11.6 Å². The molecule has 2 aromatic carbocycles. The highest BCUT2D eigenvalue weighted by Crippen LogP contribution is 2.30. The molecule has 1 unspecified atom stereocenters. The van der Waals surface area contributed by atoms with E-state index in [9.17, 15) is 19.7 Å². The van der Waals surface area contributed by atoms with Gasteiger partial charge in [0.05, 0.1) is 16.2 Å². The van der Waals surface area contributed by atoms with Crippen molar-refractivity contribution in [1.82, 2.24) is 10.3 Å². The second kappa shape index (κ2) is 9.02. The molecule has 1 aliphatic rings. The van der Waals surface area contributed by atoms with Crippen molar-refractivity contribution >= 4 is 46.9 Å². The summed E-state index contributed by atoms with van der Waals surface area (Å²) in [7, 11) is 0. The zero-order valence-electron chi connectivity index (χ0n) is 15.0. The molecule has 2 aromatic rings. The highest BCUT2D eigenvalue weighted by molar-refractivity contribution is 6.37. The van der Waals surface area contributed by atoms with Crippen molar-refractivity contribution in [1.29, 1.82) is 0 Å². The number of hydrogen-bond donors (Lipinski definition) is 1. The number of carbonyl (C=O) groups excluding carboxylic acids is 2. The molecule has 3 rings (SSSR count). The number of nitro benzene ring substituents is 1. The molecule has 8 nitrogen and oxygen atoms in total. The number of hydrogen-bond acceptors (Lipinski definition) is 5. The maximum atomic E-state index is 12.2. The lowest BCUT2D eigenvalue weighted by Gasteiger charge is -2.15. The minimum Gasteiger partial charge on any atom is -0.333 e. The normalized spacial score (nSPS) is 16.4. The Morgan fingerprint density at radius 1 is 1.28 bits per heavy atom. The predicted octanol–water partition coefficient (Wildman–Crippen LogP) is 3.37. The second-order valence-corrected chi connectivity index (χ2v) is 7.28. The summed E-state index contributed by atoms with van der Waals surface area (Å²) in [5, 5.41) is 14.8. The molecule has 1 saturated heterocycles. The molecule has 0 spiro atoms. The van der Waals surface area contributed by atoms with Gasteiger partial charge in [0, 0.05) is 30.5 Å². The van der Waals surface area contributed by atoms with Crippen molar-refractivity contribution < 1.29 is 14.5 Å². The first-order chi connectivity index (χ1) is 13.8.